The van der Waals surface area contributed by atoms with E-state index in [0.717, 1.165) is 0 Å². The first-order valence-corrected chi connectivity index (χ1v) is 6.28. The molecule has 1 aromatic heterocycles. The van der Waals surface area contributed by atoms with Gasteiger partial charge >= 0.3 is 5.97 Å². The van der Waals surface area contributed by atoms with Crippen LogP contribution in [0.4, 0.5) is 10.1 Å². The molecule has 0 radical (unpaired) electrons. The van der Waals surface area contributed by atoms with Gasteiger partial charge in [0.25, 0.3) is 0 Å². The summed E-state index contributed by atoms with van der Waals surface area (Å²) in [5.74, 6) is -0.656. The van der Waals surface area contributed by atoms with Crippen molar-refractivity contribution in [2.75, 3.05) is 5.32 Å². The Kier molecular flexibility index (Phi) is 3.90. The second-order valence-corrected chi connectivity index (χ2v) is 4.88. The van der Waals surface area contributed by atoms with E-state index < -0.39 is 11.8 Å². The van der Waals surface area contributed by atoms with E-state index in [-0.39, 0.29) is 12.1 Å². The maximum absolute atomic E-state index is 13.5. The fraction of sp³-hybridized carbons (Fsp3) is 0.154. The molecule has 4 nitrogen and oxygen atoms in total. The van der Waals surface area contributed by atoms with Gasteiger partial charge in [-0.15, -0.1) is 0 Å². The van der Waals surface area contributed by atoms with Gasteiger partial charge in [0.15, 0.2) is 0 Å². The number of carboxylic acid groups (broad SMARTS) is 1. The average Bonchev–Trinajstić information content (AvgIpc) is 2.69. The van der Waals surface area contributed by atoms with Gasteiger partial charge in [0, 0.05) is 4.47 Å². The number of furan rings is 1. The van der Waals surface area contributed by atoms with Crippen LogP contribution in [0.5, 0.6) is 0 Å². The third kappa shape index (κ3) is 3.14. The second-order valence-electron chi connectivity index (χ2n) is 3.97. The van der Waals surface area contributed by atoms with Gasteiger partial charge in [-0.05, 0) is 31.2 Å². The third-order valence-corrected chi connectivity index (χ3v) is 3.08. The zero-order valence-electron chi connectivity index (χ0n) is 10.0. The molecule has 0 aliphatic rings. The molecule has 0 spiro atoms. The number of carboxylic acids is 1. The molecular weight excluding hydrogens is 317 g/mol. The number of halogens is 2. The molecule has 0 amide bonds. The highest BCUT2D eigenvalue weighted by atomic mass is 79.9. The Balaban J connectivity index is 2.10. The number of hydrogen-bond donors (Lipinski definition) is 2. The van der Waals surface area contributed by atoms with Crippen molar-refractivity contribution in [2.45, 2.75) is 13.5 Å². The zero-order chi connectivity index (χ0) is 14.0. The molecular formula is C13H11BrFNO3. The van der Waals surface area contributed by atoms with Crippen molar-refractivity contribution in [3.8, 4) is 0 Å². The normalized spacial score (nSPS) is 10.5. The highest BCUT2D eigenvalue weighted by Crippen LogP contribution is 2.21. The van der Waals surface area contributed by atoms with Crippen LogP contribution in [0.25, 0.3) is 0 Å². The number of carbonyl (C=O) groups is 1. The fourth-order valence-electron chi connectivity index (χ4n) is 1.66. The van der Waals surface area contributed by atoms with E-state index in [1.165, 1.54) is 12.1 Å². The average molecular weight is 328 g/mol. The summed E-state index contributed by atoms with van der Waals surface area (Å²) in [7, 11) is 0. The van der Waals surface area contributed by atoms with Gasteiger partial charge in [0.1, 0.15) is 22.9 Å². The number of rotatable bonds is 4. The number of anilines is 1. The smallest absolute Gasteiger partial charge is 0.339 e. The Labute approximate surface area is 117 Å². The van der Waals surface area contributed by atoms with Crippen LogP contribution < -0.4 is 5.32 Å². The number of hydrogen-bond acceptors (Lipinski definition) is 3. The highest BCUT2D eigenvalue weighted by molar-refractivity contribution is 9.10. The second kappa shape index (κ2) is 5.44. The minimum absolute atomic E-state index is 0.119. The molecule has 0 unspecified atom stereocenters. The molecule has 19 heavy (non-hydrogen) atoms. The molecule has 0 bridgehead atoms. The Morgan fingerprint density at radius 1 is 1.47 bits per heavy atom. The van der Waals surface area contributed by atoms with Crippen molar-refractivity contribution >= 4 is 27.6 Å². The lowest BCUT2D eigenvalue weighted by atomic mass is 10.2. The molecule has 0 aliphatic heterocycles. The van der Waals surface area contributed by atoms with Gasteiger partial charge in [0.05, 0.1) is 12.2 Å². The van der Waals surface area contributed by atoms with Crippen molar-refractivity contribution < 1.29 is 18.7 Å². The number of benzene rings is 1. The number of nitrogens with one attached hydrogen (secondary N) is 1. The topological polar surface area (TPSA) is 62.5 Å². The Morgan fingerprint density at radius 3 is 2.79 bits per heavy atom. The largest absolute Gasteiger partial charge is 0.478 e. The van der Waals surface area contributed by atoms with Crippen molar-refractivity contribution in [3.05, 3.63) is 51.6 Å². The SMILES string of the molecule is Cc1oc(CNc2ccc(Br)cc2F)cc1C(=O)O. The summed E-state index contributed by atoms with van der Waals surface area (Å²) < 4.78 is 19.5. The van der Waals surface area contributed by atoms with E-state index >= 15 is 0 Å². The molecule has 0 atom stereocenters. The highest BCUT2D eigenvalue weighted by Gasteiger charge is 2.13. The third-order valence-electron chi connectivity index (χ3n) is 2.58. The summed E-state index contributed by atoms with van der Waals surface area (Å²) in [5, 5.41) is 11.7. The molecule has 6 heteroatoms. The lowest BCUT2D eigenvalue weighted by Crippen LogP contribution is -2.00. The number of aromatic carboxylic acids is 1. The van der Waals surface area contributed by atoms with Crippen LogP contribution in [-0.2, 0) is 6.54 Å². The predicted octanol–water partition coefficient (Wildman–Crippen LogP) is 3.80. The fourth-order valence-corrected chi connectivity index (χ4v) is 1.99. The number of aryl methyl sites for hydroxylation is 1. The standard InChI is InChI=1S/C13H11BrFNO3/c1-7-10(13(17)18)5-9(19-7)6-16-12-3-2-8(14)4-11(12)15/h2-5,16H,6H2,1H3,(H,17,18). The Hall–Kier alpha value is -1.82. The first kappa shape index (κ1) is 13.6. The van der Waals surface area contributed by atoms with Crippen LogP contribution in [0.1, 0.15) is 21.9 Å². The molecule has 1 heterocycles. The van der Waals surface area contributed by atoms with Crippen LogP contribution in [0.15, 0.2) is 33.2 Å². The van der Waals surface area contributed by atoms with Crippen molar-refractivity contribution in [3.63, 3.8) is 0 Å². The monoisotopic (exact) mass is 327 g/mol. The van der Waals surface area contributed by atoms with Crippen LogP contribution in [-0.4, -0.2) is 11.1 Å². The van der Waals surface area contributed by atoms with Crippen molar-refractivity contribution in [2.24, 2.45) is 0 Å². The molecule has 100 valence electrons. The van der Waals surface area contributed by atoms with E-state index in [1.807, 2.05) is 0 Å². The lowest BCUT2D eigenvalue weighted by molar-refractivity contribution is 0.0695. The Morgan fingerprint density at radius 2 is 2.21 bits per heavy atom. The minimum Gasteiger partial charge on any atom is -0.478 e. The molecule has 2 rings (SSSR count). The van der Waals surface area contributed by atoms with E-state index in [1.54, 1.807) is 19.1 Å². The lowest BCUT2D eigenvalue weighted by Gasteiger charge is -2.05. The summed E-state index contributed by atoms with van der Waals surface area (Å²) in [6.45, 7) is 1.79. The van der Waals surface area contributed by atoms with Gasteiger partial charge in [-0.3, -0.25) is 0 Å². The summed E-state index contributed by atoms with van der Waals surface area (Å²) in [6, 6.07) is 6.08. The summed E-state index contributed by atoms with van der Waals surface area (Å²) in [5.41, 5.74) is 0.446. The van der Waals surface area contributed by atoms with Crippen LogP contribution in [0.3, 0.4) is 0 Å². The quantitative estimate of drug-likeness (QED) is 0.896. The zero-order valence-corrected chi connectivity index (χ0v) is 11.6. The van der Waals surface area contributed by atoms with Gasteiger partial charge < -0.3 is 14.8 Å². The predicted molar refractivity (Wildman–Crippen MR) is 71.8 cm³/mol. The van der Waals surface area contributed by atoms with Gasteiger partial charge in [-0.25, -0.2) is 9.18 Å². The maximum atomic E-state index is 13.5. The maximum Gasteiger partial charge on any atom is 0.339 e. The van der Waals surface area contributed by atoms with Gasteiger partial charge in [-0.2, -0.15) is 0 Å². The minimum atomic E-state index is -1.04. The van der Waals surface area contributed by atoms with Crippen molar-refractivity contribution in [1.82, 2.24) is 0 Å². The molecule has 0 aliphatic carbocycles. The Bertz CT molecular complexity index is 624. The summed E-state index contributed by atoms with van der Waals surface area (Å²) >= 11 is 3.17. The van der Waals surface area contributed by atoms with Gasteiger partial charge in [-0.1, -0.05) is 15.9 Å². The molecule has 2 aromatic rings. The van der Waals surface area contributed by atoms with Gasteiger partial charge in [0.2, 0.25) is 0 Å². The summed E-state index contributed by atoms with van der Waals surface area (Å²) in [6.07, 6.45) is 0. The van der Waals surface area contributed by atoms with Crippen LogP contribution in [0.2, 0.25) is 0 Å². The van der Waals surface area contributed by atoms with E-state index in [4.69, 9.17) is 9.52 Å². The van der Waals surface area contributed by atoms with E-state index in [9.17, 15) is 9.18 Å². The van der Waals surface area contributed by atoms with E-state index in [0.29, 0.717) is 21.7 Å². The molecule has 1 aromatic carbocycles. The van der Waals surface area contributed by atoms with Crippen LogP contribution in [0, 0.1) is 12.7 Å². The molecule has 0 fully saturated rings. The van der Waals surface area contributed by atoms with Crippen molar-refractivity contribution in [1.29, 1.82) is 0 Å². The first-order chi connectivity index (χ1) is 8.97. The first-order valence-electron chi connectivity index (χ1n) is 5.49. The summed E-state index contributed by atoms with van der Waals surface area (Å²) in [4.78, 5) is 10.9. The molecule has 0 saturated heterocycles. The van der Waals surface area contributed by atoms with E-state index in [2.05, 4.69) is 21.2 Å². The molecule has 2 N–H and O–H groups in total. The van der Waals surface area contributed by atoms with Crippen LogP contribution >= 0.6 is 15.9 Å². The molecule has 0 saturated carbocycles.